The number of hydrogen-bond acceptors (Lipinski definition) is 5. The third-order valence-corrected chi connectivity index (χ3v) is 3.97. The first-order chi connectivity index (χ1) is 9.04. The fourth-order valence-corrected chi connectivity index (χ4v) is 2.89. The number of carbonyl (C=O) groups excluding carboxylic acids is 2. The number of nitrogen functional groups attached to an aromatic ring is 1. The molecular weight excluding hydrogens is 332 g/mol. The summed E-state index contributed by atoms with van der Waals surface area (Å²) in [6.45, 7) is 0. The molecule has 2 aromatic rings. The van der Waals surface area contributed by atoms with E-state index < -0.39 is 11.8 Å². The van der Waals surface area contributed by atoms with Gasteiger partial charge in [-0.15, -0.1) is 11.3 Å². The second-order valence-corrected chi connectivity index (χ2v) is 5.32. The van der Waals surface area contributed by atoms with Crippen LogP contribution in [-0.2, 0) is 0 Å². The summed E-state index contributed by atoms with van der Waals surface area (Å²) in [5.74, 6) is 4.05. The van der Waals surface area contributed by atoms with E-state index in [9.17, 15) is 9.59 Å². The Bertz CT molecular complexity index is 656. The zero-order chi connectivity index (χ0) is 14.0. The molecule has 0 bridgehead atoms. The van der Waals surface area contributed by atoms with Crippen molar-refractivity contribution in [2.45, 2.75) is 0 Å². The maximum Gasteiger partial charge on any atom is 0.275 e. The van der Waals surface area contributed by atoms with E-state index in [-0.39, 0.29) is 5.69 Å². The van der Waals surface area contributed by atoms with E-state index in [1.54, 1.807) is 17.5 Å². The van der Waals surface area contributed by atoms with Crippen molar-refractivity contribution in [2.75, 3.05) is 0 Å². The third kappa shape index (κ3) is 2.65. The Labute approximate surface area is 120 Å². The fraction of sp³-hybridized carbons (Fsp3) is 0. The quantitative estimate of drug-likeness (QED) is 0.443. The van der Waals surface area contributed by atoms with Gasteiger partial charge in [-0.25, -0.2) is 5.84 Å². The van der Waals surface area contributed by atoms with Crippen LogP contribution in [0.1, 0.15) is 20.2 Å². The minimum absolute atomic E-state index is 0.145. The van der Waals surface area contributed by atoms with E-state index in [2.05, 4.69) is 26.3 Å². The predicted octanol–water partition coefficient (Wildman–Crippen LogP) is 1.27. The summed E-state index contributed by atoms with van der Waals surface area (Å²) in [4.78, 5) is 27.2. The Balaban J connectivity index is 2.56. The number of rotatable bonds is 3. The molecule has 2 heterocycles. The van der Waals surface area contributed by atoms with Crippen LogP contribution < -0.4 is 17.0 Å². The summed E-state index contributed by atoms with van der Waals surface area (Å²) in [5, 5.41) is 1.73. The van der Waals surface area contributed by atoms with Crippen LogP contribution in [0.25, 0.3) is 11.1 Å². The number of nitrogens with two attached hydrogens (primary N) is 2. The second kappa shape index (κ2) is 5.47. The lowest BCUT2D eigenvalue weighted by Gasteiger charge is -2.06. The van der Waals surface area contributed by atoms with Crippen LogP contribution in [0, 0.1) is 0 Å². The van der Waals surface area contributed by atoms with Crippen LogP contribution in [0.15, 0.2) is 28.2 Å². The highest BCUT2D eigenvalue weighted by molar-refractivity contribution is 9.10. The summed E-state index contributed by atoms with van der Waals surface area (Å²) in [6.07, 6.45) is 1.48. The average Bonchev–Trinajstić information content (AvgIpc) is 2.86. The standard InChI is InChI=1S/C11H9BrN4O2S/c12-6-1-2-15-9(10(13)17)8(6)5-3-7(19-4-5)11(18)16-14/h1-4H,14H2,(H2,13,17)(H,16,18). The molecular formula is C11H9BrN4O2S. The molecule has 2 amide bonds. The Morgan fingerprint density at radius 3 is 2.79 bits per heavy atom. The van der Waals surface area contributed by atoms with E-state index in [1.165, 1.54) is 17.5 Å². The van der Waals surface area contributed by atoms with Crippen LogP contribution in [0.2, 0.25) is 0 Å². The molecule has 0 aliphatic carbocycles. The van der Waals surface area contributed by atoms with Crippen molar-refractivity contribution in [3.63, 3.8) is 0 Å². The Hall–Kier alpha value is -1.77. The lowest BCUT2D eigenvalue weighted by atomic mass is 10.1. The van der Waals surface area contributed by atoms with Crippen molar-refractivity contribution in [1.29, 1.82) is 0 Å². The Morgan fingerprint density at radius 2 is 2.16 bits per heavy atom. The smallest absolute Gasteiger partial charge is 0.275 e. The molecule has 0 unspecified atom stereocenters. The number of carbonyl (C=O) groups is 2. The predicted molar refractivity (Wildman–Crippen MR) is 75.4 cm³/mol. The molecule has 5 N–H and O–H groups in total. The average molecular weight is 341 g/mol. The largest absolute Gasteiger partial charge is 0.364 e. The van der Waals surface area contributed by atoms with Crippen molar-refractivity contribution in [3.8, 4) is 11.1 Å². The highest BCUT2D eigenvalue weighted by Gasteiger charge is 2.17. The first-order valence-corrected chi connectivity index (χ1v) is 6.76. The van der Waals surface area contributed by atoms with Crippen LogP contribution >= 0.6 is 27.3 Å². The van der Waals surface area contributed by atoms with Crippen molar-refractivity contribution >= 4 is 39.1 Å². The molecule has 2 aromatic heterocycles. The first-order valence-electron chi connectivity index (χ1n) is 5.08. The molecule has 0 aliphatic heterocycles. The first kappa shape index (κ1) is 13.7. The minimum atomic E-state index is -0.632. The molecule has 0 radical (unpaired) electrons. The molecule has 0 aliphatic rings. The molecule has 0 saturated carbocycles. The van der Waals surface area contributed by atoms with E-state index in [4.69, 9.17) is 11.6 Å². The number of thiophene rings is 1. The second-order valence-electron chi connectivity index (χ2n) is 3.55. The molecule has 0 spiro atoms. The SMILES string of the molecule is NNC(=O)c1cc(-c2c(Br)ccnc2C(N)=O)cs1. The normalized spacial score (nSPS) is 10.2. The number of nitrogens with zero attached hydrogens (tertiary/aromatic N) is 1. The highest BCUT2D eigenvalue weighted by atomic mass is 79.9. The molecule has 0 saturated heterocycles. The van der Waals surface area contributed by atoms with Gasteiger partial charge >= 0.3 is 0 Å². The van der Waals surface area contributed by atoms with Gasteiger partial charge in [0.2, 0.25) is 0 Å². The van der Waals surface area contributed by atoms with Gasteiger partial charge in [0.1, 0.15) is 5.69 Å². The van der Waals surface area contributed by atoms with Gasteiger partial charge in [-0.3, -0.25) is 20.0 Å². The Morgan fingerprint density at radius 1 is 1.42 bits per heavy atom. The number of amides is 2. The van der Waals surface area contributed by atoms with E-state index >= 15 is 0 Å². The molecule has 6 nitrogen and oxygen atoms in total. The topological polar surface area (TPSA) is 111 Å². The molecule has 0 aromatic carbocycles. The van der Waals surface area contributed by atoms with Crippen LogP contribution in [0.3, 0.4) is 0 Å². The minimum Gasteiger partial charge on any atom is -0.364 e. The lowest BCUT2D eigenvalue weighted by molar-refractivity contribution is 0.0956. The van der Waals surface area contributed by atoms with Gasteiger partial charge in [0.25, 0.3) is 11.8 Å². The molecule has 19 heavy (non-hydrogen) atoms. The summed E-state index contributed by atoms with van der Waals surface area (Å²) >= 11 is 4.56. The molecule has 0 fully saturated rings. The Kier molecular flexibility index (Phi) is 3.93. The molecule has 8 heteroatoms. The van der Waals surface area contributed by atoms with Gasteiger partial charge in [0.15, 0.2) is 0 Å². The third-order valence-electron chi connectivity index (χ3n) is 2.38. The monoisotopic (exact) mass is 340 g/mol. The van der Waals surface area contributed by atoms with E-state index in [1.807, 2.05) is 0 Å². The number of halogens is 1. The van der Waals surface area contributed by atoms with Crippen LogP contribution in [0.4, 0.5) is 0 Å². The van der Waals surface area contributed by atoms with Gasteiger partial charge in [-0.05, 0) is 23.1 Å². The summed E-state index contributed by atoms with van der Waals surface area (Å²) < 4.78 is 0.675. The number of pyridine rings is 1. The lowest BCUT2D eigenvalue weighted by Crippen LogP contribution is -2.29. The highest BCUT2D eigenvalue weighted by Crippen LogP contribution is 2.33. The van der Waals surface area contributed by atoms with Gasteiger partial charge in [-0.2, -0.15) is 0 Å². The van der Waals surface area contributed by atoms with Crippen molar-refractivity contribution in [3.05, 3.63) is 38.8 Å². The van der Waals surface area contributed by atoms with E-state index in [0.717, 1.165) is 0 Å². The number of hydrazine groups is 1. The molecule has 2 rings (SSSR count). The van der Waals surface area contributed by atoms with Crippen molar-refractivity contribution in [1.82, 2.24) is 10.4 Å². The number of aromatic nitrogens is 1. The number of primary amides is 1. The molecule has 98 valence electrons. The van der Waals surface area contributed by atoms with Gasteiger partial charge < -0.3 is 5.73 Å². The number of nitrogens with one attached hydrogen (secondary N) is 1. The van der Waals surface area contributed by atoms with Crippen LogP contribution in [-0.4, -0.2) is 16.8 Å². The van der Waals surface area contributed by atoms with Gasteiger partial charge in [0, 0.05) is 16.2 Å². The fourth-order valence-electron chi connectivity index (χ4n) is 1.56. The van der Waals surface area contributed by atoms with Crippen molar-refractivity contribution in [2.24, 2.45) is 11.6 Å². The van der Waals surface area contributed by atoms with Crippen molar-refractivity contribution < 1.29 is 9.59 Å². The van der Waals surface area contributed by atoms with E-state index in [0.29, 0.717) is 20.5 Å². The van der Waals surface area contributed by atoms with Crippen LogP contribution in [0.5, 0.6) is 0 Å². The molecule has 0 atom stereocenters. The zero-order valence-electron chi connectivity index (χ0n) is 9.51. The maximum absolute atomic E-state index is 11.4. The summed E-state index contributed by atoms with van der Waals surface area (Å²) in [7, 11) is 0. The van der Waals surface area contributed by atoms with Gasteiger partial charge in [-0.1, -0.05) is 15.9 Å². The number of hydrogen-bond donors (Lipinski definition) is 3. The maximum atomic E-state index is 11.4. The summed E-state index contributed by atoms with van der Waals surface area (Å²) in [5.41, 5.74) is 8.73. The zero-order valence-corrected chi connectivity index (χ0v) is 11.9. The van der Waals surface area contributed by atoms with Gasteiger partial charge in [0.05, 0.1) is 4.88 Å². The summed E-state index contributed by atoms with van der Waals surface area (Å²) in [6, 6.07) is 3.32.